The van der Waals surface area contributed by atoms with Gasteiger partial charge in [0.15, 0.2) is 0 Å². The Balaban J connectivity index is 1.90. The monoisotopic (exact) mass is 470 g/mol. The molecule has 0 unspecified atom stereocenters. The highest BCUT2D eigenvalue weighted by molar-refractivity contribution is 7.92. The molecule has 0 heterocycles. The van der Waals surface area contributed by atoms with Crippen molar-refractivity contribution in [2.75, 3.05) is 10.8 Å². The van der Waals surface area contributed by atoms with Gasteiger partial charge in [-0.1, -0.05) is 74.0 Å². The van der Waals surface area contributed by atoms with Crippen LogP contribution in [0.5, 0.6) is 0 Å². The zero-order valence-corrected chi connectivity index (χ0v) is 19.7. The van der Waals surface area contributed by atoms with E-state index in [1.165, 1.54) is 12.1 Å². The molecule has 3 rings (SSSR count). The van der Waals surface area contributed by atoms with Crippen molar-refractivity contribution in [1.29, 1.82) is 0 Å². The summed E-state index contributed by atoms with van der Waals surface area (Å²) in [5.41, 5.74) is 1.35. The lowest BCUT2D eigenvalue weighted by molar-refractivity contribution is -0.120. The third-order valence-electron chi connectivity index (χ3n) is 4.98. The SMILES string of the molecule is CC(C)C[C@H](NC(=O)CN(c1ccc(Cl)cc1)S(=O)(=O)c1ccccc1)c1ccccc1. The predicted octanol–water partition coefficient (Wildman–Crippen LogP) is 5.44. The summed E-state index contributed by atoms with van der Waals surface area (Å²) in [6.45, 7) is 3.82. The van der Waals surface area contributed by atoms with Gasteiger partial charge in [-0.25, -0.2) is 8.42 Å². The Morgan fingerprint density at radius 1 is 0.906 bits per heavy atom. The number of hydrogen-bond donors (Lipinski definition) is 1. The number of hydrogen-bond acceptors (Lipinski definition) is 3. The van der Waals surface area contributed by atoms with Crippen LogP contribution < -0.4 is 9.62 Å². The van der Waals surface area contributed by atoms with Gasteiger partial charge in [-0.2, -0.15) is 0 Å². The number of carbonyl (C=O) groups is 1. The van der Waals surface area contributed by atoms with Crippen LogP contribution in [-0.4, -0.2) is 20.9 Å². The first-order valence-electron chi connectivity index (χ1n) is 10.4. The minimum atomic E-state index is -3.96. The summed E-state index contributed by atoms with van der Waals surface area (Å²) in [4.78, 5) is 13.2. The maximum Gasteiger partial charge on any atom is 0.264 e. The van der Waals surface area contributed by atoms with Crippen molar-refractivity contribution in [3.63, 3.8) is 0 Å². The molecule has 3 aromatic carbocycles. The molecule has 3 aromatic rings. The van der Waals surface area contributed by atoms with Crippen molar-refractivity contribution in [3.8, 4) is 0 Å². The van der Waals surface area contributed by atoms with Crippen molar-refractivity contribution in [2.45, 2.75) is 31.2 Å². The highest BCUT2D eigenvalue weighted by Gasteiger charge is 2.28. The topological polar surface area (TPSA) is 66.5 Å². The molecule has 168 valence electrons. The molecule has 1 N–H and O–H groups in total. The molecular formula is C25H27ClN2O3S. The van der Waals surface area contributed by atoms with Crippen molar-refractivity contribution >= 4 is 33.2 Å². The predicted molar refractivity (Wildman–Crippen MR) is 129 cm³/mol. The molecule has 0 aliphatic carbocycles. The highest BCUT2D eigenvalue weighted by atomic mass is 35.5. The number of benzene rings is 3. The number of rotatable bonds is 9. The van der Waals surface area contributed by atoms with Gasteiger partial charge in [0.2, 0.25) is 5.91 Å². The van der Waals surface area contributed by atoms with Gasteiger partial charge >= 0.3 is 0 Å². The van der Waals surface area contributed by atoms with Crippen LogP contribution in [-0.2, 0) is 14.8 Å². The number of carbonyl (C=O) groups excluding carboxylic acids is 1. The van der Waals surface area contributed by atoms with Crippen LogP contribution in [0.25, 0.3) is 0 Å². The van der Waals surface area contributed by atoms with Crippen molar-refractivity contribution in [3.05, 3.63) is 95.5 Å². The van der Waals surface area contributed by atoms with E-state index in [0.29, 0.717) is 16.6 Å². The highest BCUT2D eigenvalue weighted by Crippen LogP contribution is 2.26. The Morgan fingerprint density at radius 2 is 1.47 bits per heavy atom. The Bertz CT molecular complexity index is 1120. The fourth-order valence-corrected chi connectivity index (χ4v) is 5.02. The van der Waals surface area contributed by atoms with Crippen LogP contribution in [0.2, 0.25) is 5.02 Å². The first kappa shape index (κ1) is 23.8. The zero-order chi connectivity index (χ0) is 23.1. The quantitative estimate of drug-likeness (QED) is 0.453. The largest absolute Gasteiger partial charge is 0.348 e. The molecule has 0 aliphatic rings. The molecule has 1 atom stereocenters. The Kier molecular flexibility index (Phi) is 7.94. The summed E-state index contributed by atoms with van der Waals surface area (Å²) in [7, 11) is -3.96. The lowest BCUT2D eigenvalue weighted by Gasteiger charge is -2.26. The molecule has 0 bridgehead atoms. The second-order valence-corrected chi connectivity index (χ2v) is 10.3. The fraction of sp³-hybridized carbons (Fsp3) is 0.240. The van der Waals surface area contributed by atoms with Gasteiger partial charge in [0.05, 0.1) is 16.6 Å². The second kappa shape index (κ2) is 10.7. The van der Waals surface area contributed by atoms with Crippen molar-refractivity contribution in [1.82, 2.24) is 5.32 Å². The number of sulfonamides is 1. The minimum Gasteiger partial charge on any atom is -0.348 e. The number of nitrogens with zero attached hydrogens (tertiary/aromatic N) is 1. The molecule has 0 saturated heterocycles. The van der Waals surface area contributed by atoms with Gasteiger partial charge in [-0.15, -0.1) is 0 Å². The maximum atomic E-state index is 13.4. The molecule has 0 saturated carbocycles. The van der Waals surface area contributed by atoms with Crippen LogP contribution in [0.1, 0.15) is 31.9 Å². The Hall–Kier alpha value is -2.83. The van der Waals surface area contributed by atoms with Gasteiger partial charge in [0.1, 0.15) is 6.54 Å². The number of halogens is 1. The minimum absolute atomic E-state index is 0.115. The molecule has 0 fully saturated rings. The molecule has 0 aliphatic heterocycles. The van der Waals surface area contributed by atoms with Crippen LogP contribution in [0.4, 0.5) is 5.69 Å². The van der Waals surface area contributed by atoms with Crippen LogP contribution in [0.3, 0.4) is 0 Å². The van der Waals surface area contributed by atoms with Crippen LogP contribution >= 0.6 is 11.6 Å². The Morgan fingerprint density at radius 3 is 2.03 bits per heavy atom. The van der Waals surface area contributed by atoms with E-state index >= 15 is 0 Å². The number of anilines is 1. The third-order valence-corrected chi connectivity index (χ3v) is 7.02. The number of amides is 1. The van der Waals surface area contributed by atoms with E-state index in [-0.39, 0.29) is 23.4 Å². The van der Waals surface area contributed by atoms with Gasteiger partial charge in [0.25, 0.3) is 10.0 Å². The normalized spacial score (nSPS) is 12.4. The summed E-state index contributed by atoms with van der Waals surface area (Å²) in [5, 5.41) is 3.51. The third kappa shape index (κ3) is 6.11. The van der Waals surface area contributed by atoms with Gasteiger partial charge < -0.3 is 5.32 Å². The number of nitrogens with one attached hydrogen (secondary N) is 1. The van der Waals surface area contributed by atoms with Crippen LogP contribution in [0, 0.1) is 5.92 Å². The average molecular weight is 471 g/mol. The molecule has 0 aromatic heterocycles. The van der Waals surface area contributed by atoms with E-state index in [2.05, 4.69) is 19.2 Å². The summed E-state index contributed by atoms with van der Waals surface area (Å²) in [6.07, 6.45) is 0.738. The van der Waals surface area contributed by atoms with E-state index in [4.69, 9.17) is 11.6 Å². The van der Waals surface area contributed by atoms with E-state index in [0.717, 1.165) is 16.3 Å². The lowest BCUT2D eigenvalue weighted by Crippen LogP contribution is -2.42. The lowest BCUT2D eigenvalue weighted by atomic mass is 9.97. The second-order valence-electron chi connectivity index (χ2n) is 7.96. The molecule has 0 radical (unpaired) electrons. The fourth-order valence-electron chi connectivity index (χ4n) is 3.45. The molecule has 7 heteroatoms. The smallest absolute Gasteiger partial charge is 0.264 e. The molecule has 0 spiro atoms. The summed E-state index contributed by atoms with van der Waals surface area (Å²) in [5.74, 6) is -0.0325. The summed E-state index contributed by atoms with van der Waals surface area (Å²) < 4.78 is 27.9. The average Bonchev–Trinajstić information content (AvgIpc) is 2.78. The standard InChI is InChI=1S/C25H27ClN2O3S/c1-19(2)17-24(20-9-5-3-6-10-20)27-25(29)18-28(22-15-13-21(26)14-16-22)32(30,31)23-11-7-4-8-12-23/h3-16,19,24H,17-18H2,1-2H3,(H,27,29)/t24-/m0/s1. The first-order chi connectivity index (χ1) is 15.3. The molecule has 5 nitrogen and oxygen atoms in total. The molecule has 32 heavy (non-hydrogen) atoms. The van der Waals surface area contributed by atoms with E-state index in [9.17, 15) is 13.2 Å². The summed E-state index contributed by atoms with van der Waals surface area (Å²) >= 11 is 5.99. The first-order valence-corrected chi connectivity index (χ1v) is 12.3. The van der Waals surface area contributed by atoms with Crippen LogP contribution in [0.15, 0.2) is 89.8 Å². The molecular weight excluding hydrogens is 444 g/mol. The van der Waals surface area contributed by atoms with Gasteiger partial charge in [-0.05, 0) is 54.3 Å². The van der Waals surface area contributed by atoms with Gasteiger partial charge in [-0.3, -0.25) is 9.10 Å². The zero-order valence-electron chi connectivity index (χ0n) is 18.1. The maximum absolute atomic E-state index is 13.4. The Labute approximate surface area is 195 Å². The van der Waals surface area contributed by atoms with Crippen molar-refractivity contribution in [2.24, 2.45) is 5.92 Å². The summed E-state index contributed by atoms with van der Waals surface area (Å²) in [6, 6.07) is 24.0. The van der Waals surface area contributed by atoms with E-state index in [1.54, 1.807) is 42.5 Å². The molecule has 1 amide bonds. The van der Waals surface area contributed by atoms with E-state index < -0.39 is 10.0 Å². The van der Waals surface area contributed by atoms with E-state index in [1.807, 2.05) is 30.3 Å². The van der Waals surface area contributed by atoms with Crippen molar-refractivity contribution < 1.29 is 13.2 Å². The van der Waals surface area contributed by atoms with Gasteiger partial charge in [0, 0.05) is 5.02 Å².